The van der Waals surface area contributed by atoms with Crippen LogP contribution in [0.2, 0.25) is 0 Å². The van der Waals surface area contributed by atoms with E-state index in [1.165, 1.54) is 51.4 Å². The van der Waals surface area contributed by atoms with E-state index >= 15 is 0 Å². The van der Waals surface area contributed by atoms with Gasteiger partial charge in [-0.25, -0.2) is 4.79 Å². The molecule has 2 rings (SSSR count). The van der Waals surface area contributed by atoms with Crippen molar-refractivity contribution in [2.75, 3.05) is 6.54 Å². The second-order valence-corrected chi connectivity index (χ2v) is 6.71. The van der Waals surface area contributed by atoms with Crippen molar-refractivity contribution in [3.8, 4) is 6.07 Å². The number of hydroxylamine groups is 2. The van der Waals surface area contributed by atoms with Crippen molar-refractivity contribution in [3.63, 3.8) is 0 Å². The third-order valence-electron chi connectivity index (χ3n) is 4.93. The highest BCUT2D eigenvalue weighted by molar-refractivity contribution is 5.87. The molecule has 4 nitrogen and oxygen atoms in total. The van der Waals surface area contributed by atoms with E-state index in [1.54, 1.807) is 0 Å². The molecule has 22 heavy (non-hydrogen) atoms. The van der Waals surface area contributed by atoms with Gasteiger partial charge in [-0.3, -0.25) is 0 Å². The van der Waals surface area contributed by atoms with Gasteiger partial charge in [0, 0.05) is 18.2 Å². The van der Waals surface area contributed by atoms with Gasteiger partial charge in [-0.2, -0.15) is 5.26 Å². The lowest BCUT2D eigenvalue weighted by molar-refractivity contribution is -0.204. The minimum absolute atomic E-state index is 0.0424. The van der Waals surface area contributed by atoms with Crippen molar-refractivity contribution in [2.24, 2.45) is 5.92 Å². The van der Waals surface area contributed by atoms with Crippen LogP contribution in [0.4, 0.5) is 0 Å². The summed E-state index contributed by atoms with van der Waals surface area (Å²) in [5.74, 6) is 0.204. The molecule has 0 N–H and O–H groups in total. The van der Waals surface area contributed by atoms with Crippen LogP contribution in [0.3, 0.4) is 0 Å². The van der Waals surface area contributed by atoms with Crippen molar-refractivity contribution in [3.05, 3.63) is 12.2 Å². The average Bonchev–Trinajstić information content (AvgIpc) is 2.56. The van der Waals surface area contributed by atoms with Crippen LogP contribution in [-0.4, -0.2) is 23.6 Å². The molecular formula is C18H28N2O2. The molecule has 2 aliphatic rings. The third-order valence-corrected chi connectivity index (χ3v) is 4.93. The molecule has 0 aliphatic heterocycles. The zero-order valence-electron chi connectivity index (χ0n) is 13.6. The van der Waals surface area contributed by atoms with Crippen LogP contribution in [0.1, 0.15) is 70.6 Å². The van der Waals surface area contributed by atoms with E-state index in [4.69, 9.17) is 10.1 Å². The largest absolute Gasteiger partial charge is 0.364 e. The first-order valence-electron chi connectivity index (χ1n) is 8.74. The van der Waals surface area contributed by atoms with Gasteiger partial charge < -0.3 is 4.84 Å². The van der Waals surface area contributed by atoms with Crippen molar-refractivity contribution < 1.29 is 9.63 Å². The summed E-state index contributed by atoms with van der Waals surface area (Å²) in [7, 11) is 0. The minimum atomic E-state index is -0.428. The Kier molecular flexibility index (Phi) is 6.92. The summed E-state index contributed by atoms with van der Waals surface area (Å²) >= 11 is 0. The van der Waals surface area contributed by atoms with Gasteiger partial charge in [0.25, 0.3) is 0 Å². The molecule has 0 heterocycles. The molecule has 0 saturated heterocycles. The van der Waals surface area contributed by atoms with Gasteiger partial charge in [-0.05, 0) is 31.6 Å². The van der Waals surface area contributed by atoms with E-state index in [1.807, 2.05) is 11.1 Å². The van der Waals surface area contributed by atoms with Crippen molar-refractivity contribution in [1.82, 2.24) is 5.06 Å². The number of nitriles is 1. The molecule has 0 spiro atoms. The van der Waals surface area contributed by atoms with Crippen molar-refractivity contribution in [1.29, 1.82) is 5.26 Å². The second kappa shape index (κ2) is 8.95. The zero-order chi connectivity index (χ0) is 15.8. The molecule has 0 bridgehead atoms. The molecule has 2 saturated carbocycles. The number of carbonyl (C=O) groups excluding carboxylic acids is 1. The lowest BCUT2D eigenvalue weighted by Crippen LogP contribution is -2.42. The SMILES string of the molecule is C=C(CC#N)C(=O)ON(CC1CCCCC1)C1CCCCC1. The number of rotatable bonds is 6. The summed E-state index contributed by atoms with van der Waals surface area (Å²) in [4.78, 5) is 17.8. The first-order chi connectivity index (χ1) is 10.7. The van der Waals surface area contributed by atoms with Crippen LogP contribution in [0, 0.1) is 17.2 Å². The summed E-state index contributed by atoms with van der Waals surface area (Å²) < 4.78 is 0. The van der Waals surface area contributed by atoms with Gasteiger partial charge in [0.15, 0.2) is 0 Å². The summed E-state index contributed by atoms with van der Waals surface area (Å²) in [6.07, 6.45) is 12.3. The Morgan fingerprint density at radius 2 is 1.68 bits per heavy atom. The molecule has 0 unspecified atom stereocenters. The highest BCUT2D eigenvalue weighted by Crippen LogP contribution is 2.29. The lowest BCUT2D eigenvalue weighted by atomic mass is 9.88. The molecule has 0 radical (unpaired) electrons. The maximum Gasteiger partial charge on any atom is 0.353 e. The first-order valence-corrected chi connectivity index (χ1v) is 8.74. The predicted octanol–water partition coefficient (Wildman–Crippen LogP) is 4.13. The molecule has 0 aromatic heterocycles. The molecule has 122 valence electrons. The number of hydrogen-bond acceptors (Lipinski definition) is 4. The monoisotopic (exact) mass is 304 g/mol. The van der Waals surface area contributed by atoms with Crippen LogP contribution >= 0.6 is 0 Å². The smallest absolute Gasteiger partial charge is 0.353 e. The summed E-state index contributed by atoms with van der Waals surface area (Å²) in [5, 5.41) is 10.6. The number of hydrogen-bond donors (Lipinski definition) is 0. The Bertz CT molecular complexity index is 415. The fraction of sp³-hybridized carbons (Fsp3) is 0.778. The van der Waals surface area contributed by atoms with E-state index in [9.17, 15) is 4.79 Å². The topological polar surface area (TPSA) is 53.3 Å². The van der Waals surface area contributed by atoms with Gasteiger partial charge in [0.2, 0.25) is 0 Å². The van der Waals surface area contributed by atoms with Gasteiger partial charge in [-0.15, -0.1) is 5.06 Å². The van der Waals surface area contributed by atoms with E-state index < -0.39 is 5.97 Å². The van der Waals surface area contributed by atoms with Crippen molar-refractivity contribution >= 4 is 5.97 Å². The Morgan fingerprint density at radius 1 is 1.09 bits per heavy atom. The van der Waals surface area contributed by atoms with E-state index in [-0.39, 0.29) is 12.0 Å². The van der Waals surface area contributed by atoms with E-state index in [2.05, 4.69) is 6.58 Å². The Morgan fingerprint density at radius 3 is 2.27 bits per heavy atom. The van der Waals surface area contributed by atoms with E-state index in [0.29, 0.717) is 12.0 Å². The molecule has 2 fully saturated rings. The normalized spacial score (nSPS) is 20.5. The first kappa shape index (κ1) is 17.0. The number of carbonyl (C=O) groups is 1. The highest BCUT2D eigenvalue weighted by atomic mass is 16.7. The molecular weight excluding hydrogens is 276 g/mol. The van der Waals surface area contributed by atoms with Crippen LogP contribution < -0.4 is 0 Å². The minimum Gasteiger partial charge on any atom is -0.364 e. The molecule has 4 heteroatoms. The summed E-state index contributed by atoms with van der Waals surface area (Å²) in [6, 6.07) is 2.31. The summed E-state index contributed by atoms with van der Waals surface area (Å²) in [6.45, 7) is 4.51. The fourth-order valence-electron chi connectivity index (χ4n) is 3.59. The Hall–Kier alpha value is -1.34. The van der Waals surface area contributed by atoms with Crippen molar-refractivity contribution in [2.45, 2.75) is 76.7 Å². The third kappa shape index (κ3) is 5.14. The lowest BCUT2D eigenvalue weighted by Gasteiger charge is -2.35. The molecule has 2 aliphatic carbocycles. The standard InChI is InChI=1S/C18H28N2O2/c1-15(12-13-19)18(21)22-20(17-10-6-3-7-11-17)14-16-8-4-2-5-9-16/h16-17H,1-12,14H2. The average molecular weight is 304 g/mol. The van der Waals surface area contributed by atoms with E-state index in [0.717, 1.165) is 19.4 Å². The highest BCUT2D eigenvalue weighted by Gasteiger charge is 2.28. The molecule has 0 amide bonds. The Balaban J connectivity index is 1.95. The Labute approximate surface area is 134 Å². The predicted molar refractivity (Wildman–Crippen MR) is 85.6 cm³/mol. The molecule has 0 atom stereocenters. The maximum atomic E-state index is 12.1. The maximum absolute atomic E-state index is 12.1. The van der Waals surface area contributed by atoms with Crippen LogP contribution in [0.15, 0.2) is 12.2 Å². The van der Waals surface area contributed by atoms with Gasteiger partial charge in [0.05, 0.1) is 12.5 Å². The summed E-state index contributed by atoms with van der Waals surface area (Å²) in [5.41, 5.74) is 0.256. The molecule has 0 aromatic carbocycles. The van der Waals surface area contributed by atoms with Crippen LogP contribution in [-0.2, 0) is 9.63 Å². The van der Waals surface area contributed by atoms with Crippen LogP contribution in [0.25, 0.3) is 0 Å². The fourth-order valence-corrected chi connectivity index (χ4v) is 3.59. The van der Waals surface area contributed by atoms with Gasteiger partial charge in [0.1, 0.15) is 0 Å². The van der Waals surface area contributed by atoms with Crippen LogP contribution in [0.5, 0.6) is 0 Å². The number of nitrogens with zero attached hydrogens (tertiary/aromatic N) is 2. The van der Waals surface area contributed by atoms with Gasteiger partial charge >= 0.3 is 5.97 Å². The van der Waals surface area contributed by atoms with Gasteiger partial charge in [-0.1, -0.05) is 45.1 Å². The second-order valence-electron chi connectivity index (χ2n) is 6.71. The molecule has 0 aromatic rings. The zero-order valence-corrected chi connectivity index (χ0v) is 13.6. The quantitative estimate of drug-likeness (QED) is 0.547.